The molecule has 0 aromatic heterocycles. The van der Waals surface area contributed by atoms with E-state index in [1.54, 1.807) is 14.0 Å². The quantitative estimate of drug-likeness (QED) is 0.261. The monoisotopic (exact) mass is 277 g/mol. The molecule has 0 saturated carbocycles. The third-order valence-electron chi connectivity index (χ3n) is 2.36. The Morgan fingerprint density at radius 1 is 1.35 bits per heavy atom. The highest BCUT2D eigenvalue weighted by Crippen LogP contribution is 2.21. The van der Waals surface area contributed by atoms with Crippen LogP contribution in [0.3, 0.4) is 0 Å². The van der Waals surface area contributed by atoms with E-state index < -0.39 is 6.09 Å². The molecule has 7 heteroatoms. The maximum atomic E-state index is 11.6. The first-order valence-corrected chi connectivity index (χ1v) is 7.55. The molecule has 0 unspecified atom stereocenters. The van der Waals surface area contributed by atoms with E-state index in [4.69, 9.17) is 4.84 Å². The van der Waals surface area contributed by atoms with Crippen molar-refractivity contribution in [1.29, 1.82) is 0 Å². The Bertz CT molecular complexity index is 281. The zero-order valence-electron chi connectivity index (χ0n) is 10.5. The summed E-state index contributed by atoms with van der Waals surface area (Å²) >= 11 is 2.86. The van der Waals surface area contributed by atoms with Crippen LogP contribution in [0.25, 0.3) is 0 Å². The predicted octanol–water partition coefficient (Wildman–Crippen LogP) is 2.80. The first kappa shape index (κ1) is 14.7. The average molecular weight is 277 g/mol. The van der Waals surface area contributed by atoms with Gasteiger partial charge in [-0.05, 0) is 26.0 Å². The Morgan fingerprint density at radius 2 is 2.00 bits per heavy atom. The van der Waals surface area contributed by atoms with Crippen LogP contribution in [0.5, 0.6) is 0 Å². The van der Waals surface area contributed by atoms with Crippen LogP contribution in [0, 0.1) is 0 Å². The van der Waals surface area contributed by atoms with Crippen LogP contribution in [0.2, 0.25) is 0 Å². The minimum Gasteiger partial charge on any atom is -0.296 e. The number of oxime groups is 1. The fourth-order valence-electron chi connectivity index (χ4n) is 1.35. The molecule has 0 spiro atoms. The summed E-state index contributed by atoms with van der Waals surface area (Å²) in [5.74, 6) is 0. The lowest BCUT2D eigenvalue weighted by Crippen LogP contribution is -2.30. The van der Waals surface area contributed by atoms with Gasteiger partial charge in [-0.25, -0.2) is 13.4 Å². The Morgan fingerprint density at radius 3 is 2.59 bits per heavy atom. The predicted molar refractivity (Wildman–Crippen MR) is 73.9 cm³/mol. The van der Waals surface area contributed by atoms with E-state index in [-0.39, 0.29) is 0 Å². The largest absolute Gasteiger partial charge is 0.446 e. The number of piperidine rings is 1. The van der Waals surface area contributed by atoms with Crippen molar-refractivity contribution < 1.29 is 9.63 Å². The summed E-state index contributed by atoms with van der Waals surface area (Å²) in [5, 5.41) is 4.44. The number of nitrogens with zero attached hydrogens (tertiary/aromatic N) is 3. The summed E-state index contributed by atoms with van der Waals surface area (Å²) in [6.45, 7) is 3.85. The van der Waals surface area contributed by atoms with Crippen LogP contribution in [-0.4, -0.2) is 46.1 Å². The normalized spacial score (nSPS) is 17.9. The molecule has 0 N–H and O–H groups in total. The van der Waals surface area contributed by atoms with E-state index in [2.05, 4.69) is 9.46 Å². The molecule has 0 radical (unpaired) electrons. The summed E-state index contributed by atoms with van der Waals surface area (Å²) in [4.78, 5) is 16.4. The van der Waals surface area contributed by atoms with Crippen molar-refractivity contribution in [2.75, 3.05) is 26.4 Å². The van der Waals surface area contributed by atoms with Crippen molar-refractivity contribution >= 4 is 35.0 Å². The molecule has 1 saturated heterocycles. The van der Waals surface area contributed by atoms with Gasteiger partial charge in [0.2, 0.25) is 0 Å². The number of carbonyl (C=O) groups excluding carboxylic acids is 1. The third kappa shape index (κ3) is 5.65. The number of carbonyl (C=O) groups is 1. The summed E-state index contributed by atoms with van der Waals surface area (Å²) in [5.41, 5.74) is 0. The molecule has 0 aliphatic carbocycles. The van der Waals surface area contributed by atoms with Crippen molar-refractivity contribution in [3.05, 3.63) is 0 Å². The van der Waals surface area contributed by atoms with Crippen LogP contribution in [0.15, 0.2) is 5.16 Å². The van der Waals surface area contributed by atoms with Gasteiger partial charge in [-0.1, -0.05) is 11.6 Å². The molecule has 1 heterocycles. The minimum atomic E-state index is -0.436. The van der Waals surface area contributed by atoms with Crippen LogP contribution in [0.1, 0.15) is 26.2 Å². The van der Waals surface area contributed by atoms with Gasteiger partial charge in [0.1, 0.15) is 5.04 Å². The highest BCUT2D eigenvalue weighted by molar-refractivity contribution is 8.13. The molecule has 98 valence electrons. The standard InChI is InChI=1S/C10H19N3O2S2/c1-9(16-3)11-15-10(14)12(2)17-13-7-5-4-6-8-13/h4-8H2,1-3H3/b11-9+. The second kappa shape index (κ2) is 7.84. The highest BCUT2D eigenvalue weighted by Gasteiger charge is 2.18. The Kier molecular flexibility index (Phi) is 6.76. The SMILES string of the molecule is CS/C(C)=N/OC(=O)N(C)SN1CCCCC1. The van der Waals surface area contributed by atoms with E-state index in [1.165, 1.54) is 47.5 Å². The van der Waals surface area contributed by atoms with Gasteiger partial charge in [-0.3, -0.25) is 4.84 Å². The maximum Gasteiger partial charge on any atom is 0.446 e. The fraction of sp³-hybridized carbons (Fsp3) is 0.800. The van der Waals surface area contributed by atoms with Gasteiger partial charge in [-0.2, -0.15) is 0 Å². The van der Waals surface area contributed by atoms with Crippen molar-refractivity contribution in [2.45, 2.75) is 26.2 Å². The topological polar surface area (TPSA) is 45.1 Å². The van der Waals surface area contributed by atoms with Crippen LogP contribution >= 0.6 is 23.9 Å². The van der Waals surface area contributed by atoms with Gasteiger partial charge in [0, 0.05) is 32.3 Å². The number of hydrogen-bond donors (Lipinski definition) is 0. The molecule has 0 aromatic rings. The molecule has 0 aromatic carbocycles. The lowest BCUT2D eigenvalue weighted by atomic mass is 10.2. The molecule has 1 rings (SSSR count). The van der Waals surface area contributed by atoms with Crippen LogP contribution in [0.4, 0.5) is 4.79 Å². The Labute approximate surface area is 111 Å². The van der Waals surface area contributed by atoms with Crippen LogP contribution < -0.4 is 0 Å². The third-order valence-corrected chi connectivity index (χ3v) is 4.01. The van der Waals surface area contributed by atoms with Crippen molar-refractivity contribution in [1.82, 2.24) is 8.61 Å². The van der Waals surface area contributed by atoms with Crippen molar-refractivity contribution in [3.8, 4) is 0 Å². The van der Waals surface area contributed by atoms with E-state index in [9.17, 15) is 4.79 Å². The summed E-state index contributed by atoms with van der Waals surface area (Å²) < 4.78 is 3.65. The van der Waals surface area contributed by atoms with Crippen molar-refractivity contribution in [3.63, 3.8) is 0 Å². The minimum absolute atomic E-state index is 0.436. The smallest absolute Gasteiger partial charge is 0.296 e. The van der Waals surface area contributed by atoms with Crippen LogP contribution in [-0.2, 0) is 4.84 Å². The molecule has 0 bridgehead atoms. The molecule has 17 heavy (non-hydrogen) atoms. The number of hydrogen-bond acceptors (Lipinski definition) is 6. The van der Waals surface area contributed by atoms with Gasteiger partial charge >= 0.3 is 6.09 Å². The van der Waals surface area contributed by atoms with Gasteiger partial charge < -0.3 is 0 Å². The lowest BCUT2D eigenvalue weighted by Gasteiger charge is -2.27. The molecule has 1 aliphatic rings. The van der Waals surface area contributed by atoms with E-state index in [0.717, 1.165) is 18.1 Å². The van der Waals surface area contributed by atoms with Gasteiger partial charge in [0.05, 0.1) is 0 Å². The Hall–Kier alpha value is -0.400. The number of thioether (sulfide) groups is 1. The number of rotatable bonds is 3. The molecule has 1 fully saturated rings. The molecule has 1 amide bonds. The first-order valence-electron chi connectivity index (χ1n) is 5.60. The van der Waals surface area contributed by atoms with E-state index in [0.29, 0.717) is 0 Å². The van der Waals surface area contributed by atoms with E-state index in [1.807, 2.05) is 6.26 Å². The zero-order valence-corrected chi connectivity index (χ0v) is 12.1. The van der Waals surface area contributed by atoms with Gasteiger partial charge in [0.25, 0.3) is 0 Å². The molecular formula is C10H19N3O2S2. The molecule has 1 aliphatic heterocycles. The van der Waals surface area contributed by atoms with E-state index >= 15 is 0 Å². The Balaban J connectivity index is 2.30. The second-order valence-electron chi connectivity index (χ2n) is 3.74. The molecule has 5 nitrogen and oxygen atoms in total. The summed E-state index contributed by atoms with van der Waals surface area (Å²) in [6, 6.07) is 0. The highest BCUT2D eigenvalue weighted by atomic mass is 32.2. The lowest BCUT2D eigenvalue weighted by molar-refractivity contribution is 0.136. The number of amides is 1. The summed E-state index contributed by atoms with van der Waals surface area (Å²) in [6.07, 6.45) is 5.12. The van der Waals surface area contributed by atoms with Gasteiger partial charge in [0.15, 0.2) is 0 Å². The van der Waals surface area contributed by atoms with Crippen molar-refractivity contribution in [2.24, 2.45) is 5.16 Å². The second-order valence-corrected chi connectivity index (χ2v) is 5.97. The van der Waals surface area contributed by atoms with Gasteiger partial charge in [-0.15, -0.1) is 11.8 Å². The zero-order chi connectivity index (χ0) is 12.7. The summed E-state index contributed by atoms with van der Waals surface area (Å²) in [7, 11) is 1.70. The molecule has 0 atom stereocenters. The maximum absolute atomic E-state index is 11.6. The fourth-order valence-corrected chi connectivity index (χ4v) is 2.33. The first-order chi connectivity index (χ1) is 8.13. The molecular weight excluding hydrogens is 258 g/mol. The average Bonchev–Trinajstić information content (AvgIpc) is 2.36.